The summed E-state index contributed by atoms with van der Waals surface area (Å²) in [6.45, 7) is 5.63. The molecule has 110 valence electrons. The molecule has 2 aromatic heterocycles. The summed E-state index contributed by atoms with van der Waals surface area (Å²) >= 11 is 7.90. The molecule has 1 aliphatic carbocycles. The summed E-state index contributed by atoms with van der Waals surface area (Å²) in [6.07, 6.45) is 7.35. The Labute approximate surface area is 129 Å². The van der Waals surface area contributed by atoms with E-state index in [0.29, 0.717) is 17.8 Å². The number of hydrogen-bond acceptors (Lipinski definition) is 3. The third-order valence-electron chi connectivity index (χ3n) is 4.07. The van der Waals surface area contributed by atoms with Crippen LogP contribution in [-0.2, 0) is 5.88 Å². The zero-order valence-corrected chi connectivity index (χ0v) is 13.8. The molecule has 2 heterocycles. The van der Waals surface area contributed by atoms with E-state index < -0.39 is 0 Å². The minimum atomic E-state index is 0.522. The van der Waals surface area contributed by atoms with Gasteiger partial charge in [-0.3, -0.25) is 4.40 Å². The van der Waals surface area contributed by atoms with Gasteiger partial charge in [0.15, 0.2) is 10.8 Å². The number of imidazole rings is 1. The lowest BCUT2D eigenvalue weighted by atomic mass is 10.1. The number of halogens is 1. The summed E-state index contributed by atoms with van der Waals surface area (Å²) in [7, 11) is 0. The molecule has 0 aliphatic heterocycles. The van der Waals surface area contributed by atoms with Crippen LogP contribution in [-0.4, -0.2) is 22.0 Å². The number of alkyl halides is 1. The molecule has 3 nitrogen and oxygen atoms in total. The molecule has 0 spiro atoms. The van der Waals surface area contributed by atoms with Crippen molar-refractivity contribution in [2.75, 3.05) is 11.4 Å². The summed E-state index contributed by atoms with van der Waals surface area (Å²) in [5.74, 6) is 2.28. The topological polar surface area (TPSA) is 20.5 Å². The van der Waals surface area contributed by atoms with Gasteiger partial charge < -0.3 is 4.90 Å². The third kappa shape index (κ3) is 2.56. The molecule has 1 saturated carbocycles. The van der Waals surface area contributed by atoms with Crippen LogP contribution in [0.1, 0.15) is 45.2 Å². The Hall–Kier alpha value is -0.740. The number of rotatable bonds is 5. The molecule has 1 fully saturated rings. The summed E-state index contributed by atoms with van der Waals surface area (Å²) in [4.78, 5) is 8.45. The first-order valence-electron chi connectivity index (χ1n) is 7.47. The predicted octanol–water partition coefficient (Wildman–Crippen LogP) is 4.54. The van der Waals surface area contributed by atoms with Gasteiger partial charge in [-0.05, 0) is 18.8 Å². The molecule has 0 amide bonds. The monoisotopic (exact) mass is 311 g/mol. The first kappa shape index (κ1) is 14.2. The van der Waals surface area contributed by atoms with Gasteiger partial charge in [0.05, 0.1) is 11.6 Å². The first-order valence-corrected chi connectivity index (χ1v) is 8.89. The molecule has 0 unspecified atom stereocenters. The van der Waals surface area contributed by atoms with Gasteiger partial charge in [-0.25, -0.2) is 4.98 Å². The Morgan fingerprint density at radius 2 is 2.20 bits per heavy atom. The third-order valence-corrected chi connectivity index (χ3v) is 5.08. The van der Waals surface area contributed by atoms with Crippen molar-refractivity contribution in [2.45, 2.75) is 51.5 Å². The second-order valence-corrected chi connectivity index (χ2v) is 7.20. The average Bonchev–Trinajstić information content (AvgIpc) is 3.11. The van der Waals surface area contributed by atoms with Crippen LogP contribution in [0.15, 0.2) is 11.6 Å². The molecule has 20 heavy (non-hydrogen) atoms. The second-order valence-electron chi connectivity index (χ2n) is 6.06. The minimum Gasteiger partial charge on any atom is -0.352 e. The van der Waals surface area contributed by atoms with Crippen molar-refractivity contribution < 1.29 is 0 Å². The standard InChI is InChI=1S/C15H22ClN3S/c1-11(2)10-19(12-5-3-4-6-12)14-13(9-16)18-7-8-20-15(18)17-14/h7-8,11-12H,3-6,9-10H2,1-2H3. The summed E-state index contributed by atoms with van der Waals surface area (Å²) in [6, 6.07) is 0.643. The van der Waals surface area contributed by atoms with E-state index in [2.05, 4.69) is 34.7 Å². The molecule has 0 N–H and O–H groups in total. The SMILES string of the molecule is CC(C)CN(c1nc2sccn2c1CCl)C1CCCC1. The maximum absolute atomic E-state index is 6.21. The minimum absolute atomic E-state index is 0.522. The van der Waals surface area contributed by atoms with Crippen LogP contribution >= 0.6 is 22.9 Å². The fourth-order valence-corrected chi connectivity index (χ4v) is 4.17. The van der Waals surface area contributed by atoms with Crippen LogP contribution in [0.3, 0.4) is 0 Å². The van der Waals surface area contributed by atoms with Crippen molar-refractivity contribution >= 4 is 33.7 Å². The second kappa shape index (κ2) is 5.94. The smallest absolute Gasteiger partial charge is 0.195 e. The number of fused-ring (bicyclic) bond motifs is 1. The molecule has 2 aromatic rings. The Morgan fingerprint density at radius 1 is 1.45 bits per heavy atom. The van der Waals surface area contributed by atoms with E-state index in [1.54, 1.807) is 11.3 Å². The highest BCUT2D eigenvalue weighted by molar-refractivity contribution is 7.15. The maximum atomic E-state index is 6.21. The predicted molar refractivity (Wildman–Crippen MR) is 87.1 cm³/mol. The van der Waals surface area contributed by atoms with E-state index in [4.69, 9.17) is 16.6 Å². The van der Waals surface area contributed by atoms with Crippen molar-refractivity contribution in [3.8, 4) is 0 Å². The van der Waals surface area contributed by atoms with Crippen LogP contribution in [0.2, 0.25) is 0 Å². The Morgan fingerprint density at radius 3 is 2.85 bits per heavy atom. The molecule has 3 rings (SSSR count). The number of anilines is 1. The molecular formula is C15H22ClN3S. The first-order chi connectivity index (χ1) is 9.70. The van der Waals surface area contributed by atoms with E-state index in [9.17, 15) is 0 Å². The van der Waals surface area contributed by atoms with Crippen molar-refractivity contribution in [3.05, 3.63) is 17.3 Å². The molecule has 0 bridgehead atoms. The molecule has 0 radical (unpaired) electrons. The summed E-state index contributed by atoms with van der Waals surface area (Å²) < 4.78 is 2.15. The lowest BCUT2D eigenvalue weighted by Gasteiger charge is -2.31. The van der Waals surface area contributed by atoms with Crippen LogP contribution in [0, 0.1) is 5.92 Å². The molecular weight excluding hydrogens is 290 g/mol. The van der Waals surface area contributed by atoms with E-state index >= 15 is 0 Å². The van der Waals surface area contributed by atoms with Crippen molar-refractivity contribution in [2.24, 2.45) is 5.92 Å². The average molecular weight is 312 g/mol. The van der Waals surface area contributed by atoms with E-state index in [1.807, 2.05) is 0 Å². The van der Waals surface area contributed by atoms with Gasteiger partial charge in [0.2, 0.25) is 0 Å². The Bertz CT molecular complexity index is 569. The number of aromatic nitrogens is 2. The lowest BCUT2D eigenvalue weighted by Crippen LogP contribution is -2.37. The van der Waals surface area contributed by atoms with Gasteiger partial charge >= 0.3 is 0 Å². The summed E-state index contributed by atoms with van der Waals surface area (Å²) in [5.41, 5.74) is 1.15. The van der Waals surface area contributed by atoms with Gasteiger partial charge in [0, 0.05) is 24.2 Å². The zero-order chi connectivity index (χ0) is 14.1. The highest BCUT2D eigenvalue weighted by atomic mass is 35.5. The highest BCUT2D eigenvalue weighted by Gasteiger charge is 2.27. The largest absolute Gasteiger partial charge is 0.352 e. The fraction of sp³-hybridized carbons (Fsp3) is 0.667. The molecule has 5 heteroatoms. The van der Waals surface area contributed by atoms with Gasteiger partial charge in [-0.15, -0.1) is 22.9 Å². The van der Waals surface area contributed by atoms with Crippen molar-refractivity contribution in [1.82, 2.24) is 9.38 Å². The van der Waals surface area contributed by atoms with Gasteiger partial charge in [0.1, 0.15) is 0 Å². The Kier molecular flexibility index (Phi) is 4.22. The van der Waals surface area contributed by atoms with Crippen LogP contribution in [0.25, 0.3) is 4.96 Å². The molecule has 1 aliphatic rings. The van der Waals surface area contributed by atoms with Crippen LogP contribution in [0.5, 0.6) is 0 Å². The zero-order valence-electron chi connectivity index (χ0n) is 12.2. The number of hydrogen-bond donors (Lipinski definition) is 0. The van der Waals surface area contributed by atoms with E-state index in [-0.39, 0.29) is 0 Å². The highest BCUT2D eigenvalue weighted by Crippen LogP contribution is 2.33. The van der Waals surface area contributed by atoms with E-state index in [1.165, 1.54) is 25.7 Å². The molecule has 0 saturated heterocycles. The van der Waals surface area contributed by atoms with Crippen molar-refractivity contribution in [3.63, 3.8) is 0 Å². The van der Waals surface area contributed by atoms with Gasteiger partial charge in [-0.2, -0.15) is 0 Å². The van der Waals surface area contributed by atoms with Gasteiger partial charge in [-0.1, -0.05) is 26.7 Å². The van der Waals surface area contributed by atoms with Crippen molar-refractivity contribution in [1.29, 1.82) is 0 Å². The number of thiazole rings is 1. The fourth-order valence-electron chi connectivity index (χ4n) is 3.19. The van der Waals surface area contributed by atoms with Crippen LogP contribution < -0.4 is 4.90 Å². The lowest BCUT2D eigenvalue weighted by molar-refractivity contribution is 0.531. The Balaban J connectivity index is 2.00. The maximum Gasteiger partial charge on any atom is 0.195 e. The van der Waals surface area contributed by atoms with E-state index in [0.717, 1.165) is 23.0 Å². The normalized spacial score (nSPS) is 16.6. The number of nitrogens with zero attached hydrogens (tertiary/aromatic N) is 3. The van der Waals surface area contributed by atoms with Gasteiger partial charge in [0.25, 0.3) is 0 Å². The quantitative estimate of drug-likeness (QED) is 0.756. The molecule has 0 atom stereocenters. The van der Waals surface area contributed by atoms with Crippen LogP contribution in [0.4, 0.5) is 5.82 Å². The molecule has 0 aromatic carbocycles. The summed E-state index contributed by atoms with van der Waals surface area (Å²) in [5, 5.41) is 2.07.